The molecule has 8 rings (SSSR count). The number of benzene rings is 3. The van der Waals surface area contributed by atoms with Crippen LogP contribution < -0.4 is 5.32 Å². The minimum absolute atomic E-state index is 0.00311. The molecule has 1 aliphatic heterocycles. The van der Waals surface area contributed by atoms with Gasteiger partial charge in [-0.05, 0) is 59.7 Å². The third-order valence-corrected chi connectivity index (χ3v) is 15.3. The van der Waals surface area contributed by atoms with Gasteiger partial charge >= 0.3 is 36.0 Å². The number of nitrogens with one attached hydrogen (secondary N) is 1. The molecule has 2 bridgehead atoms. The smallest absolute Gasteiger partial charge is 0.455 e. The van der Waals surface area contributed by atoms with Crippen molar-refractivity contribution in [2.75, 3.05) is 13.2 Å². The van der Waals surface area contributed by atoms with Crippen LogP contribution in [0.1, 0.15) is 93.1 Å². The highest BCUT2D eigenvalue weighted by atomic mass is 16.7. The monoisotopic (exact) mass is 1050 g/mol. The van der Waals surface area contributed by atoms with Crippen LogP contribution >= 0.6 is 0 Å². The van der Waals surface area contributed by atoms with E-state index in [2.05, 4.69) is 10.3 Å². The predicted octanol–water partition coefficient (Wildman–Crippen LogP) is 5.09. The van der Waals surface area contributed by atoms with Crippen molar-refractivity contribution in [3.05, 3.63) is 141 Å². The van der Waals surface area contributed by atoms with Gasteiger partial charge in [0.1, 0.15) is 42.3 Å². The Kier molecular flexibility index (Phi) is 15.3. The molecule has 3 N–H and O–H groups in total. The molecule has 4 aliphatic rings. The Morgan fingerprint density at radius 1 is 0.908 bits per heavy atom. The van der Waals surface area contributed by atoms with E-state index in [1.54, 1.807) is 66.7 Å². The Balaban J connectivity index is 1.25. The number of ether oxygens (including phenoxy) is 7. The number of aliphatic hydroxyl groups is 2. The van der Waals surface area contributed by atoms with E-state index >= 15 is 9.59 Å². The molecular formula is C54H58N4O18. The first-order valence-electron chi connectivity index (χ1n) is 24.6. The summed E-state index contributed by atoms with van der Waals surface area (Å²) in [6, 6.07) is 22.1. The number of nitrogens with zero attached hydrogens (tertiary/aromatic N) is 3. The summed E-state index contributed by atoms with van der Waals surface area (Å²) in [5, 5.41) is 40.4. The minimum Gasteiger partial charge on any atom is -0.455 e. The van der Waals surface area contributed by atoms with E-state index in [0.717, 1.165) is 13.8 Å². The Labute approximate surface area is 435 Å². The molecule has 11 atom stereocenters. The fourth-order valence-electron chi connectivity index (χ4n) is 11.5. The van der Waals surface area contributed by atoms with Crippen molar-refractivity contribution < 1.29 is 81.9 Å². The van der Waals surface area contributed by atoms with Gasteiger partial charge in [-0.15, -0.1) is 0 Å². The first kappa shape index (κ1) is 54.4. The number of aromatic nitrogens is 2. The number of aliphatic hydroxyl groups excluding tert-OH is 1. The van der Waals surface area contributed by atoms with Crippen LogP contribution in [0.3, 0.4) is 0 Å². The molecule has 2 heterocycles. The summed E-state index contributed by atoms with van der Waals surface area (Å²) in [6.07, 6.45) is -10.1. The van der Waals surface area contributed by atoms with E-state index in [0.29, 0.717) is 0 Å². The van der Waals surface area contributed by atoms with E-state index in [1.165, 1.54) is 68.9 Å². The summed E-state index contributed by atoms with van der Waals surface area (Å²) in [6.45, 7) is 7.30. The van der Waals surface area contributed by atoms with Crippen molar-refractivity contribution in [3.8, 4) is 0 Å². The van der Waals surface area contributed by atoms with Crippen molar-refractivity contribution in [2.24, 2.45) is 16.7 Å². The molecule has 1 saturated heterocycles. The highest BCUT2D eigenvalue weighted by Gasteiger charge is 2.78. The quantitative estimate of drug-likeness (QED) is 0.0329. The van der Waals surface area contributed by atoms with Crippen LogP contribution in [0.4, 0.5) is 10.7 Å². The molecule has 22 nitrogen and oxygen atoms in total. The number of esters is 4. The highest BCUT2D eigenvalue weighted by Crippen LogP contribution is 2.64. The summed E-state index contributed by atoms with van der Waals surface area (Å²) < 4.78 is 43.2. The zero-order chi connectivity index (χ0) is 54.9. The molecule has 3 fully saturated rings. The van der Waals surface area contributed by atoms with E-state index < -0.39 is 130 Å². The van der Waals surface area contributed by atoms with Crippen LogP contribution in [-0.4, -0.2) is 127 Å². The number of amides is 1. The molecular weight excluding hydrogens is 993 g/mol. The standard InChI is InChI=1S/C54H58N4O18/c1-30-36(73-48(65)42(74-50(66)70-26-16-24-57-25-23-55-49(57)58(68)69)40(33-17-10-7-11-18-33)56-46(63)34-19-12-8-13-20-34)28-54(67)45(75-47(64)35-21-14-9-15-22-35)43-52(6,37(61)27-38-53(43,29-71-38)76-32(3)60)44(62)41(72-31(2)59)39(30)51(54,4)5/h7-15,17-23,25,36-38,40-43,45,61,67H,16,24,26-29H2,1-6H3,(H,56,63)/t36-,37-,38+,40-,41+,42+,43-,45-,52+,53-,54+/m0/s1. The van der Waals surface area contributed by atoms with Gasteiger partial charge in [-0.1, -0.05) is 85.6 Å². The molecule has 76 heavy (non-hydrogen) atoms. The maximum Gasteiger partial charge on any atom is 0.509 e. The zero-order valence-corrected chi connectivity index (χ0v) is 42.4. The molecule has 4 aromatic rings. The van der Waals surface area contributed by atoms with Crippen LogP contribution in [0, 0.1) is 26.9 Å². The molecule has 1 aromatic heterocycles. The normalized spacial score (nSPS) is 28.0. The number of rotatable bonds is 16. The molecule has 402 valence electrons. The van der Waals surface area contributed by atoms with E-state index in [9.17, 15) is 44.3 Å². The third kappa shape index (κ3) is 9.94. The minimum atomic E-state index is -2.52. The van der Waals surface area contributed by atoms with Crippen molar-refractivity contribution >= 4 is 47.7 Å². The lowest BCUT2D eigenvalue weighted by molar-refractivity contribution is -0.396. The van der Waals surface area contributed by atoms with Gasteiger partial charge in [0.15, 0.2) is 17.5 Å². The fourth-order valence-corrected chi connectivity index (χ4v) is 11.5. The average molecular weight is 1050 g/mol. The molecule has 0 radical (unpaired) electrons. The largest absolute Gasteiger partial charge is 0.509 e. The molecule has 3 aromatic carbocycles. The Hall–Kier alpha value is -7.82. The zero-order valence-electron chi connectivity index (χ0n) is 42.4. The number of carbonyl (C=O) groups excluding carboxylic acids is 7. The SMILES string of the molecule is CC(=O)O[C@H]1C(=O)[C@@]2(C)[C@H]([C@H](OC(=O)c3ccccc3)[C@]3(O)C[C@H](OC(=O)[C@H](OC(=O)OCCCn4ccnc4[N+](=O)[O-])[C@@H](NC(=O)c4ccccc4)c4ccccc4)C(C)=C1C3(C)C)[C@]1(OC(C)=O)CO[C@@H]1C[C@@H]2O. The number of ketones is 1. The maximum atomic E-state index is 15.8. The number of hydrogen-bond donors (Lipinski definition) is 3. The van der Waals surface area contributed by atoms with Gasteiger partial charge in [-0.2, -0.15) is 0 Å². The molecule has 3 aliphatic carbocycles. The molecule has 0 spiro atoms. The Morgan fingerprint density at radius 3 is 2.13 bits per heavy atom. The third-order valence-electron chi connectivity index (χ3n) is 15.3. The maximum absolute atomic E-state index is 15.8. The van der Waals surface area contributed by atoms with Gasteiger partial charge in [0.05, 0.1) is 42.8 Å². The number of imidazole rings is 1. The number of nitro groups is 1. The van der Waals surface area contributed by atoms with Gasteiger partial charge < -0.3 is 58.8 Å². The second-order valence-electron chi connectivity index (χ2n) is 20.1. The molecule has 2 saturated carbocycles. The van der Waals surface area contributed by atoms with Crippen LogP contribution in [0.25, 0.3) is 0 Å². The first-order chi connectivity index (χ1) is 36.0. The lowest BCUT2D eigenvalue weighted by Gasteiger charge is -2.67. The van der Waals surface area contributed by atoms with Gasteiger partial charge in [-0.3, -0.25) is 19.2 Å². The average Bonchev–Trinajstić information content (AvgIpc) is 4.02. The van der Waals surface area contributed by atoms with Crippen molar-refractivity contribution in [3.63, 3.8) is 0 Å². The van der Waals surface area contributed by atoms with Gasteiger partial charge in [-0.25, -0.2) is 19.0 Å². The number of Topliss-reactive ketones (excluding diaryl/α,β-unsaturated/α-hetero) is 1. The van der Waals surface area contributed by atoms with Crippen molar-refractivity contribution in [2.45, 2.75) is 121 Å². The predicted molar refractivity (Wildman–Crippen MR) is 261 cm³/mol. The summed E-state index contributed by atoms with van der Waals surface area (Å²) in [5.41, 5.74) is -7.89. The Bertz CT molecular complexity index is 2930. The highest BCUT2D eigenvalue weighted by molar-refractivity contribution is 5.96. The topological polar surface area (TPSA) is 298 Å². The van der Waals surface area contributed by atoms with Crippen LogP contribution in [0.15, 0.2) is 115 Å². The molecule has 22 heteroatoms. The lowest BCUT2D eigenvalue weighted by atomic mass is 9.44. The van der Waals surface area contributed by atoms with Crippen molar-refractivity contribution in [1.82, 2.24) is 14.9 Å². The first-order valence-corrected chi connectivity index (χ1v) is 24.6. The van der Waals surface area contributed by atoms with Gasteiger partial charge in [0.2, 0.25) is 6.10 Å². The van der Waals surface area contributed by atoms with Crippen LogP contribution in [0.5, 0.6) is 0 Å². The van der Waals surface area contributed by atoms with Gasteiger partial charge in [0.25, 0.3) is 5.91 Å². The number of aryl methyl sites for hydroxylation is 1. The van der Waals surface area contributed by atoms with Crippen molar-refractivity contribution in [1.29, 1.82) is 0 Å². The van der Waals surface area contributed by atoms with E-state index in [1.807, 2.05) is 0 Å². The summed E-state index contributed by atoms with van der Waals surface area (Å²) in [4.78, 5) is 114. The van der Waals surface area contributed by atoms with E-state index in [-0.39, 0.29) is 60.4 Å². The number of hydrogen-bond acceptors (Lipinski definition) is 19. The molecule has 0 unspecified atom stereocenters. The Morgan fingerprint density at radius 2 is 1.54 bits per heavy atom. The summed E-state index contributed by atoms with van der Waals surface area (Å²) >= 11 is 0. The van der Waals surface area contributed by atoms with E-state index in [4.69, 9.17) is 33.2 Å². The second kappa shape index (κ2) is 21.4. The molecule has 1 amide bonds. The van der Waals surface area contributed by atoms with Crippen LogP contribution in [0.2, 0.25) is 0 Å². The lowest BCUT2D eigenvalue weighted by Crippen LogP contribution is -2.82. The van der Waals surface area contributed by atoms with Gasteiger partial charge in [0, 0.05) is 44.1 Å². The second-order valence-corrected chi connectivity index (χ2v) is 20.1. The number of carbonyl (C=O) groups is 7. The summed E-state index contributed by atoms with van der Waals surface area (Å²) in [7, 11) is 0. The number of fused-ring (bicyclic) bond motifs is 5. The fraction of sp³-hybridized carbons (Fsp3) is 0.444. The summed E-state index contributed by atoms with van der Waals surface area (Å²) in [5.74, 6) is -7.82. The van der Waals surface area contributed by atoms with Crippen LogP contribution in [-0.2, 0) is 58.9 Å².